The second-order valence-electron chi connectivity index (χ2n) is 8.91. The summed E-state index contributed by atoms with van der Waals surface area (Å²) in [4.78, 5) is 13.4. The van der Waals surface area contributed by atoms with E-state index < -0.39 is 16.1 Å². The Morgan fingerprint density at radius 2 is 0.889 bits per heavy atom. The van der Waals surface area contributed by atoms with Crippen LogP contribution < -0.4 is 10.4 Å². The van der Waals surface area contributed by atoms with Crippen molar-refractivity contribution >= 4 is 38.1 Å². The van der Waals surface area contributed by atoms with E-state index in [9.17, 15) is 0 Å². The van der Waals surface area contributed by atoms with Gasteiger partial charge in [-0.3, -0.25) is 0 Å². The third-order valence-electron chi connectivity index (χ3n) is 4.63. The molecule has 0 fully saturated rings. The van der Waals surface area contributed by atoms with Crippen LogP contribution in [0.2, 0.25) is 44.6 Å². The van der Waals surface area contributed by atoms with E-state index in [0.717, 1.165) is 11.1 Å². The van der Waals surface area contributed by atoms with Gasteiger partial charge >= 0.3 is 0 Å². The lowest BCUT2D eigenvalue weighted by Crippen LogP contribution is -2.37. The highest BCUT2D eigenvalue weighted by Crippen LogP contribution is 2.21. The molecular formula is C21H26ClN3Si2. The molecular weight excluding hydrogens is 386 g/mol. The Morgan fingerprint density at radius 1 is 0.556 bits per heavy atom. The summed E-state index contributed by atoms with van der Waals surface area (Å²) in [7, 11) is -2.66. The molecule has 0 aliphatic carbocycles. The van der Waals surface area contributed by atoms with Crippen LogP contribution in [0, 0.1) is 0 Å². The fraction of sp³-hybridized carbons (Fsp3) is 0.286. The average Bonchev–Trinajstić information content (AvgIpc) is 2.60. The summed E-state index contributed by atoms with van der Waals surface area (Å²) in [6.45, 7) is 14.0. The summed E-state index contributed by atoms with van der Waals surface area (Å²) in [5.41, 5.74) is 1.92. The number of halogens is 1. The van der Waals surface area contributed by atoms with Crippen LogP contribution in [0.4, 0.5) is 0 Å². The molecule has 0 bridgehead atoms. The first-order chi connectivity index (χ1) is 12.5. The molecule has 3 rings (SSSR count). The molecule has 0 N–H and O–H groups in total. The number of benzene rings is 2. The predicted octanol–water partition coefficient (Wildman–Crippen LogP) is 4.95. The highest BCUT2D eigenvalue weighted by Gasteiger charge is 2.18. The number of rotatable bonds is 4. The van der Waals surface area contributed by atoms with Crippen molar-refractivity contribution in [2.75, 3.05) is 0 Å². The van der Waals surface area contributed by atoms with E-state index in [0.29, 0.717) is 11.6 Å². The maximum atomic E-state index is 6.21. The first-order valence-electron chi connectivity index (χ1n) is 9.17. The van der Waals surface area contributed by atoms with E-state index in [1.807, 2.05) is 0 Å². The van der Waals surface area contributed by atoms with Gasteiger partial charge in [0, 0.05) is 11.1 Å². The fourth-order valence-electron chi connectivity index (χ4n) is 2.85. The Bertz CT molecular complexity index is 865. The molecule has 3 nitrogen and oxygen atoms in total. The minimum absolute atomic E-state index is 0.221. The second-order valence-corrected chi connectivity index (χ2v) is 19.4. The zero-order chi connectivity index (χ0) is 19.8. The number of nitrogens with zero attached hydrogens (tertiary/aromatic N) is 3. The monoisotopic (exact) mass is 411 g/mol. The number of aromatic nitrogens is 3. The van der Waals surface area contributed by atoms with Gasteiger partial charge in [0.2, 0.25) is 5.28 Å². The molecule has 0 atom stereocenters. The Balaban J connectivity index is 1.97. The quantitative estimate of drug-likeness (QED) is 0.570. The first-order valence-corrected chi connectivity index (χ1v) is 16.6. The van der Waals surface area contributed by atoms with E-state index in [1.165, 1.54) is 10.4 Å². The summed E-state index contributed by atoms with van der Waals surface area (Å²) < 4.78 is 0. The van der Waals surface area contributed by atoms with Crippen molar-refractivity contribution < 1.29 is 0 Å². The number of hydrogen-bond acceptors (Lipinski definition) is 3. The van der Waals surface area contributed by atoms with Gasteiger partial charge in [0.15, 0.2) is 11.6 Å². The second kappa shape index (κ2) is 7.30. The summed E-state index contributed by atoms with van der Waals surface area (Å²) in [5, 5.41) is 3.04. The van der Waals surface area contributed by atoms with Gasteiger partial charge in [0.25, 0.3) is 0 Å². The molecule has 27 heavy (non-hydrogen) atoms. The molecule has 140 valence electrons. The third kappa shape index (κ3) is 4.72. The van der Waals surface area contributed by atoms with Gasteiger partial charge in [-0.15, -0.1) is 0 Å². The summed E-state index contributed by atoms with van der Waals surface area (Å²) in [6, 6.07) is 17.1. The standard InChI is InChI=1S/C21H26ClN3Si2/c1-26(2,3)17-11-7-15(8-12-17)19-23-20(25-21(22)24-19)16-9-13-18(14-10-16)27(4,5)6/h7-14H,1-6H3. The fourth-order valence-corrected chi connectivity index (χ4v) is 5.34. The molecule has 1 aromatic heterocycles. The lowest BCUT2D eigenvalue weighted by molar-refractivity contribution is 1.07. The average molecular weight is 412 g/mol. The van der Waals surface area contributed by atoms with Gasteiger partial charge in [-0.1, -0.05) is 98.2 Å². The topological polar surface area (TPSA) is 38.7 Å². The van der Waals surface area contributed by atoms with E-state index in [-0.39, 0.29) is 5.28 Å². The van der Waals surface area contributed by atoms with Gasteiger partial charge < -0.3 is 0 Å². The Hall–Kier alpha value is -1.83. The van der Waals surface area contributed by atoms with Gasteiger partial charge in [-0.05, 0) is 11.6 Å². The predicted molar refractivity (Wildman–Crippen MR) is 122 cm³/mol. The molecule has 0 saturated carbocycles. The van der Waals surface area contributed by atoms with E-state index >= 15 is 0 Å². The molecule has 0 amide bonds. The zero-order valence-corrected chi connectivity index (χ0v) is 19.6. The molecule has 0 unspecified atom stereocenters. The minimum atomic E-state index is -1.33. The van der Waals surface area contributed by atoms with Crippen molar-refractivity contribution in [3.63, 3.8) is 0 Å². The van der Waals surface area contributed by atoms with Crippen molar-refractivity contribution in [3.8, 4) is 22.8 Å². The van der Waals surface area contributed by atoms with E-state index in [1.54, 1.807) is 0 Å². The first kappa shape index (κ1) is 19.9. The Labute approximate surface area is 168 Å². The maximum Gasteiger partial charge on any atom is 0.226 e. The maximum absolute atomic E-state index is 6.21. The Kier molecular flexibility index (Phi) is 5.39. The SMILES string of the molecule is C[Si](C)(C)c1ccc(-c2nc(Cl)nc(-c3ccc([Si](C)(C)C)cc3)n2)cc1. The molecule has 0 radical (unpaired) electrons. The van der Waals surface area contributed by atoms with Gasteiger partial charge in [-0.2, -0.15) is 9.97 Å². The highest BCUT2D eigenvalue weighted by molar-refractivity contribution is 6.89. The minimum Gasteiger partial charge on any atom is -0.208 e. The summed E-state index contributed by atoms with van der Waals surface area (Å²) in [6.07, 6.45) is 0. The molecule has 1 heterocycles. The molecule has 2 aromatic carbocycles. The molecule has 6 heteroatoms. The molecule has 0 aliphatic rings. The van der Waals surface area contributed by atoms with Crippen LogP contribution >= 0.6 is 11.6 Å². The van der Waals surface area contributed by atoms with Crippen LogP contribution in [0.15, 0.2) is 48.5 Å². The van der Waals surface area contributed by atoms with Crippen LogP contribution in [0.5, 0.6) is 0 Å². The largest absolute Gasteiger partial charge is 0.226 e. The van der Waals surface area contributed by atoms with Crippen LogP contribution in [-0.4, -0.2) is 31.1 Å². The Morgan fingerprint density at radius 3 is 1.19 bits per heavy atom. The summed E-state index contributed by atoms with van der Waals surface area (Å²) >= 11 is 6.21. The van der Waals surface area contributed by atoms with Gasteiger partial charge in [0.1, 0.15) is 0 Å². The van der Waals surface area contributed by atoms with Crippen molar-refractivity contribution in [2.45, 2.75) is 39.3 Å². The lowest BCUT2D eigenvalue weighted by Gasteiger charge is -2.17. The lowest BCUT2D eigenvalue weighted by atomic mass is 10.2. The van der Waals surface area contributed by atoms with Crippen molar-refractivity contribution in [1.82, 2.24) is 15.0 Å². The number of hydrogen-bond donors (Lipinski definition) is 0. The summed E-state index contributed by atoms with van der Waals surface area (Å²) in [5.74, 6) is 1.22. The van der Waals surface area contributed by atoms with Crippen molar-refractivity contribution in [1.29, 1.82) is 0 Å². The van der Waals surface area contributed by atoms with Gasteiger partial charge in [0.05, 0.1) is 16.1 Å². The normalized spacial score (nSPS) is 12.3. The van der Waals surface area contributed by atoms with Crippen LogP contribution in [0.3, 0.4) is 0 Å². The molecule has 0 spiro atoms. The molecule has 0 aliphatic heterocycles. The van der Waals surface area contributed by atoms with Crippen molar-refractivity contribution in [3.05, 3.63) is 53.8 Å². The smallest absolute Gasteiger partial charge is 0.208 e. The molecule has 0 saturated heterocycles. The van der Waals surface area contributed by atoms with Gasteiger partial charge in [-0.25, -0.2) is 4.98 Å². The zero-order valence-electron chi connectivity index (χ0n) is 16.8. The van der Waals surface area contributed by atoms with Crippen LogP contribution in [0.25, 0.3) is 22.8 Å². The highest BCUT2D eigenvalue weighted by atomic mass is 35.5. The van der Waals surface area contributed by atoms with E-state index in [2.05, 4.69) is 103 Å². The third-order valence-corrected chi connectivity index (χ3v) is 8.93. The van der Waals surface area contributed by atoms with Crippen molar-refractivity contribution in [2.24, 2.45) is 0 Å². The van der Waals surface area contributed by atoms with Crippen LogP contribution in [-0.2, 0) is 0 Å². The van der Waals surface area contributed by atoms with Crippen LogP contribution in [0.1, 0.15) is 0 Å². The van der Waals surface area contributed by atoms with E-state index in [4.69, 9.17) is 11.6 Å². The molecule has 3 aromatic rings.